The lowest BCUT2D eigenvalue weighted by atomic mass is 10.1. The Bertz CT molecular complexity index is 1330. The summed E-state index contributed by atoms with van der Waals surface area (Å²) in [6, 6.07) is 11.1. The highest BCUT2D eigenvalue weighted by Crippen LogP contribution is 2.33. The number of benzene rings is 2. The standard InChI is InChI=1S/C23H18F2N4O2S/c1-31-20-8-3-2-5-14(20)18-12-32-23(26-18)27-22(30)21-15-6-4-7-19(15)29(28-21)13-9-10-16(24)17(25)11-13/h2-3,5,8-12H,4,6-7H2,1H3,(H,26,27,30). The van der Waals surface area contributed by atoms with Gasteiger partial charge in [-0.25, -0.2) is 18.4 Å². The number of hydrogen-bond donors (Lipinski definition) is 1. The number of amides is 1. The first-order valence-electron chi connectivity index (χ1n) is 10.0. The number of carbonyl (C=O) groups excluding carboxylic acids is 1. The molecular formula is C23H18F2N4O2S. The average molecular weight is 452 g/mol. The second-order valence-electron chi connectivity index (χ2n) is 7.33. The lowest BCUT2D eigenvalue weighted by Crippen LogP contribution is -2.15. The molecule has 2 aromatic carbocycles. The number of aromatic nitrogens is 3. The van der Waals surface area contributed by atoms with E-state index in [2.05, 4.69) is 15.4 Å². The van der Waals surface area contributed by atoms with Crippen molar-refractivity contribution >= 4 is 22.4 Å². The van der Waals surface area contributed by atoms with E-state index in [0.717, 1.165) is 35.4 Å². The van der Waals surface area contributed by atoms with Gasteiger partial charge in [0, 0.05) is 28.3 Å². The van der Waals surface area contributed by atoms with Crippen molar-refractivity contribution in [2.45, 2.75) is 19.3 Å². The van der Waals surface area contributed by atoms with E-state index in [4.69, 9.17) is 4.74 Å². The van der Waals surface area contributed by atoms with Crippen LogP contribution in [0.3, 0.4) is 0 Å². The molecule has 1 amide bonds. The number of hydrogen-bond acceptors (Lipinski definition) is 5. The number of nitrogens with one attached hydrogen (secondary N) is 1. The molecule has 5 rings (SSSR count). The van der Waals surface area contributed by atoms with Crippen molar-refractivity contribution in [2.24, 2.45) is 0 Å². The molecule has 2 heterocycles. The zero-order valence-electron chi connectivity index (χ0n) is 17.1. The molecule has 0 saturated heterocycles. The highest BCUT2D eigenvalue weighted by Gasteiger charge is 2.28. The van der Waals surface area contributed by atoms with Crippen LogP contribution in [0.25, 0.3) is 16.9 Å². The minimum absolute atomic E-state index is 0.274. The van der Waals surface area contributed by atoms with Crippen LogP contribution >= 0.6 is 11.3 Å². The summed E-state index contributed by atoms with van der Waals surface area (Å²) in [7, 11) is 1.60. The predicted molar refractivity (Wildman–Crippen MR) is 118 cm³/mol. The summed E-state index contributed by atoms with van der Waals surface area (Å²) in [5.41, 5.74) is 3.85. The van der Waals surface area contributed by atoms with Gasteiger partial charge in [0.2, 0.25) is 0 Å². The van der Waals surface area contributed by atoms with Gasteiger partial charge < -0.3 is 4.74 Å². The van der Waals surface area contributed by atoms with Gasteiger partial charge in [0.1, 0.15) is 5.75 Å². The highest BCUT2D eigenvalue weighted by molar-refractivity contribution is 7.14. The molecule has 1 N–H and O–H groups in total. The summed E-state index contributed by atoms with van der Waals surface area (Å²) in [6.45, 7) is 0. The number of ether oxygens (including phenoxy) is 1. The molecule has 2 aromatic heterocycles. The SMILES string of the molecule is COc1ccccc1-c1csc(NC(=O)c2nn(-c3ccc(F)c(F)c3)c3c2CCC3)n1. The summed E-state index contributed by atoms with van der Waals surface area (Å²) in [6.07, 6.45) is 2.28. The van der Waals surface area contributed by atoms with Crippen molar-refractivity contribution in [1.82, 2.24) is 14.8 Å². The number of anilines is 1. The Morgan fingerprint density at radius 2 is 2.00 bits per heavy atom. The van der Waals surface area contributed by atoms with Crippen LogP contribution in [0.1, 0.15) is 28.2 Å². The summed E-state index contributed by atoms with van der Waals surface area (Å²) in [4.78, 5) is 17.5. The highest BCUT2D eigenvalue weighted by atomic mass is 32.1. The molecule has 1 aliphatic carbocycles. The maximum atomic E-state index is 13.8. The fourth-order valence-electron chi connectivity index (χ4n) is 3.92. The molecule has 32 heavy (non-hydrogen) atoms. The molecule has 0 radical (unpaired) electrons. The molecule has 1 aliphatic rings. The first-order chi connectivity index (χ1) is 15.5. The predicted octanol–water partition coefficient (Wildman–Crippen LogP) is 5.02. The molecule has 0 spiro atoms. The largest absolute Gasteiger partial charge is 0.496 e. The smallest absolute Gasteiger partial charge is 0.278 e. The van der Waals surface area contributed by atoms with Gasteiger partial charge in [-0.3, -0.25) is 10.1 Å². The van der Waals surface area contributed by atoms with Crippen LogP contribution in [-0.4, -0.2) is 27.8 Å². The van der Waals surface area contributed by atoms with Crippen LogP contribution in [0.15, 0.2) is 47.8 Å². The Hall–Kier alpha value is -3.59. The van der Waals surface area contributed by atoms with Crippen molar-refractivity contribution in [3.63, 3.8) is 0 Å². The topological polar surface area (TPSA) is 69.0 Å². The lowest BCUT2D eigenvalue weighted by molar-refractivity contribution is 0.102. The lowest BCUT2D eigenvalue weighted by Gasteiger charge is -2.06. The molecule has 0 atom stereocenters. The van der Waals surface area contributed by atoms with Crippen molar-refractivity contribution < 1.29 is 18.3 Å². The van der Waals surface area contributed by atoms with E-state index in [0.29, 0.717) is 35.1 Å². The van der Waals surface area contributed by atoms with Crippen LogP contribution in [-0.2, 0) is 12.8 Å². The van der Waals surface area contributed by atoms with Crippen LogP contribution in [0.4, 0.5) is 13.9 Å². The van der Waals surface area contributed by atoms with E-state index < -0.39 is 11.6 Å². The molecule has 0 bridgehead atoms. The molecule has 9 heteroatoms. The molecular weight excluding hydrogens is 434 g/mol. The Kier molecular flexibility index (Phi) is 5.18. The van der Waals surface area contributed by atoms with Crippen LogP contribution in [0.2, 0.25) is 0 Å². The van der Waals surface area contributed by atoms with E-state index in [9.17, 15) is 13.6 Å². The minimum atomic E-state index is -0.956. The minimum Gasteiger partial charge on any atom is -0.496 e. The first-order valence-corrected chi connectivity index (χ1v) is 10.9. The van der Waals surface area contributed by atoms with Crippen molar-refractivity contribution in [3.05, 3.63) is 76.4 Å². The summed E-state index contributed by atoms with van der Waals surface area (Å²) < 4.78 is 34.0. The van der Waals surface area contributed by atoms with E-state index in [-0.39, 0.29) is 11.6 Å². The molecule has 4 aromatic rings. The van der Waals surface area contributed by atoms with Crippen molar-refractivity contribution in [1.29, 1.82) is 0 Å². The Morgan fingerprint density at radius 1 is 1.16 bits per heavy atom. The maximum absolute atomic E-state index is 13.8. The van der Waals surface area contributed by atoms with Gasteiger partial charge in [-0.1, -0.05) is 12.1 Å². The Labute approximate surface area is 186 Å². The third kappa shape index (κ3) is 3.54. The summed E-state index contributed by atoms with van der Waals surface area (Å²) in [5.74, 6) is -1.57. The molecule has 0 saturated carbocycles. The zero-order chi connectivity index (χ0) is 22.2. The number of rotatable bonds is 5. The van der Waals surface area contributed by atoms with Gasteiger partial charge in [-0.15, -0.1) is 11.3 Å². The molecule has 0 unspecified atom stereocenters. The van der Waals surface area contributed by atoms with Gasteiger partial charge in [0.15, 0.2) is 22.5 Å². The third-order valence-corrected chi connectivity index (χ3v) is 6.16. The zero-order valence-corrected chi connectivity index (χ0v) is 17.9. The number of para-hydroxylation sites is 1. The summed E-state index contributed by atoms with van der Waals surface area (Å²) >= 11 is 1.30. The maximum Gasteiger partial charge on any atom is 0.278 e. The number of thiazole rings is 1. The van der Waals surface area contributed by atoms with Crippen molar-refractivity contribution in [3.8, 4) is 22.7 Å². The number of methoxy groups -OCH3 is 1. The van der Waals surface area contributed by atoms with Crippen LogP contribution in [0, 0.1) is 11.6 Å². The van der Waals surface area contributed by atoms with Gasteiger partial charge >= 0.3 is 0 Å². The fraction of sp³-hybridized carbons (Fsp3) is 0.174. The summed E-state index contributed by atoms with van der Waals surface area (Å²) in [5, 5.41) is 9.53. The number of fused-ring (bicyclic) bond motifs is 1. The third-order valence-electron chi connectivity index (χ3n) is 5.40. The number of halogens is 2. The van der Waals surface area contributed by atoms with E-state index in [1.807, 2.05) is 29.6 Å². The average Bonchev–Trinajstić information content (AvgIpc) is 3.52. The molecule has 162 valence electrons. The Morgan fingerprint density at radius 3 is 2.81 bits per heavy atom. The Balaban J connectivity index is 1.44. The normalized spacial score (nSPS) is 12.6. The molecule has 0 aliphatic heterocycles. The molecule has 6 nitrogen and oxygen atoms in total. The monoisotopic (exact) mass is 452 g/mol. The van der Waals surface area contributed by atoms with Gasteiger partial charge in [-0.05, 0) is 43.5 Å². The van der Waals surface area contributed by atoms with E-state index >= 15 is 0 Å². The van der Waals surface area contributed by atoms with Crippen LogP contribution < -0.4 is 10.1 Å². The van der Waals surface area contributed by atoms with Gasteiger partial charge in [-0.2, -0.15) is 5.10 Å². The number of nitrogens with zero attached hydrogens (tertiary/aromatic N) is 3. The second-order valence-corrected chi connectivity index (χ2v) is 8.19. The number of carbonyl (C=O) groups is 1. The van der Waals surface area contributed by atoms with Gasteiger partial charge in [0.05, 0.1) is 18.5 Å². The van der Waals surface area contributed by atoms with Crippen LogP contribution in [0.5, 0.6) is 5.75 Å². The van der Waals surface area contributed by atoms with E-state index in [1.54, 1.807) is 7.11 Å². The first kappa shape index (κ1) is 20.3. The quantitative estimate of drug-likeness (QED) is 0.462. The van der Waals surface area contributed by atoms with Crippen molar-refractivity contribution in [2.75, 3.05) is 12.4 Å². The van der Waals surface area contributed by atoms with E-state index in [1.165, 1.54) is 22.1 Å². The van der Waals surface area contributed by atoms with Gasteiger partial charge in [0.25, 0.3) is 5.91 Å². The molecule has 0 fully saturated rings. The second kappa shape index (κ2) is 8.16. The fourth-order valence-corrected chi connectivity index (χ4v) is 4.62.